The molecule has 0 saturated carbocycles. The van der Waals surface area contributed by atoms with Crippen molar-refractivity contribution >= 4 is 35.2 Å². The molecule has 1 aromatic heterocycles. The summed E-state index contributed by atoms with van der Waals surface area (Å²) in [7, 11) is 0. The van der Waals surface area contributed by atoms with Gasteiger partial charge in [0.1, 0.15) is 11.1 Å². The Bertz CT molecular complexity index is 696. The first kappa shape index (κ1) is 14.8. The molecule has 1 N–H and O–H groups in total. The number of amides is 2. The summed E-state index contributed by atoms with van der Waals surface area (Å²) in [5.74, 6) is -0.335. The molecule has 22 heavy (non-hydrogen) atoms. The average Bonchev–Trinajstić information content (AvgIpc) is 2.90. The van der Waals surface area contributed by atoms with Crippen molar-refractivity contribution in [3.8, 4) is 0 Å². The van der Waals surface area contributed by atoms with Gasteiger partial charge in [0.2, 0.25) is 0 Å². The highest BCUT2D eigenvalue weighted by atomic mass is 35.5. The van der Waals surface area contributed by atoms with Crippen molar-refractivity contribution < 1.29 is 9.59 Å². The minimum atomic E-state index is -0.470. The van der Waals surface area contributed by atoms with Gasteiger partial charge in [-0.25, -0.2) is 9.99 Å². The van der Waals surface area contributed by atoms with Crippen molar-refractivity contribution in [3.05, 3.63) is 59.1 Å². The highest BCUT2D eigenvalue weighted by molar-refractivity contribution is 8.00. The van der Waals surface area contributed by atoms with Gasteiger partial charge in [0.15, 0.2) is 0 Å². The predicted molar refractivity (Wildman–Crippen MR) is 83.0 cm³/mol. The number of benzene rings is 1. The maximum atomic E-state index is 12.1. The third kappa shape index (κ3) is 3.05. The van der Waals surface area contributed by atoms with E-state index in [4.69, 9.17) is 11.6 Å². The monoisotopic (exact) mass is 334 g/mol. The number of nitrogens with zero attached hydrogens (tertiary/aromatic N) is 3. The van der Waals surface area contributed by atoms with E-state index in [9.17, 15) is 9.59 Å². The largest absolute Gasteiger partial charge is 0.290 e. The Kier molecular flexibility index (Phi) is 4.26. The number of carbonyl (C=O) groups excluding carboxylic acids is 2. The Morgan fingerprint density at radius 1 is 1.32 bits per heavy atom. The second kappa shape index (κ2) is 6.33. The lowest BCUT2D eigenvalue weighted by Gasteiger charge is -2.24. The third-order valence-corrected chi connectivity index (χ3v) is 4.51. The number of hydrazine groups is 1. The fourth-order valence-corrected chi connectivity index (χ4v) is 3.24. The maximum absolute atomic E-state index is 12.1. The summed E-state index contributed by atoms with van der Waals surface area (Å²) in [6, 6.07) is 7.17. The summed E-state index contributed by atoms with van der Waals surface area (Å²) >= 11 is 7.31. The first-order valence-corrected chi connectivity index (χ1v) is 7.84. The van der Waals surface area contributed by atoms with Crippen LogP contribution in [0.15, 0.2) is 42.9 Å². The van der Waals surface area contributed by atoms with Crippen molar-refractivity contribution in [1.82, 2.24) is 20.4 Å². The lowest BCUT2D eigenvalue weighted by Crippen LogP contribution is -2.44. The molecule has 1 fully saturated rings. The summed E-state index contributed by atoms with van der Waals surface area (Å²) in [4.78, 5) is 31.9. The average molecular weight is 335 g/mol. The zero-order valence-electron chi connectivity index (χ0n) is 11.3. The van der Waals surface area contributed by atoms with Crippen molar-refractivity contribution in [1.29, 1.82) is 0 Å². The second-order valence-electron chi connectivity index (χ2n) is 4.51. The van der Waals surface area contributed by atoms with Crippen LogP contribution in [0.25, 0.3) is 0 Å². The summed E-state index contributed by atoms with van der Waals surface area (Å²) in [6.07, 6.45) is 4.25. The summed E-state index contributed by atoms with van der Waals surface area (Å²) in [5.41, 5.74) is 3.64. The van der Waals surface area contributed by atoms with E-state index in [0.29, 0.717) is 10.8 Å². The summed E-state index contributed by atoms with van der Waals surface area (Å²) < 4.78 is 0. The van der Waals surface area contributed by atoms with Crippen LogP contribution in [0.1, 0.15) is 21.4 Å². The Balaban J connectivity index is 1.79. The van der Waals surface area contributed by atoms with Crippen LogP contribution in [0.4, 0.5) is 0 Å². The molecular formula is C14H11ClN4O2S. The first-order chi connectivity index (χ1) is 10.6. The number of aromatic nitrogens is 2. The number of hydrogen-bond donors (Lipinski definition) is 1. The van der Waals surface area contributed by atoms with E-state index >= 15 is 0 Å². The lowest BCUT2D eigenvalue weighted by molar-refractivity contribution is -0.130. The van der Waals surface area contributed by atoms with Crippen molar-refractivity contribution in [2.24, 2.45) is 0 Å². The molecule has 1 unspecified atom stereocenters. The molecule has 0 spiro atoms. The SMILES string of the molecule is O=C(NN1C(=O)CSC1c1ccc(Cl)cc1)c1cnccn1. The number of thioether (sulfide) groups is 1. The number of carbonyl (C=O) groups is 2. The van der Waals surface area contributed by atoms with Crippen LogP contribution in [0.3, 0.4) is 0 Å². The predicted octanol–water partition coefficient (Wildman–Crippen LogP) is 2.05. The summed E-state index contributed by atoms with van der Waals surface area (Å²) in [6.45, 7) is 0. The minimum Gasteiger partial charge on any atom is -0.272 e. The van der Waals surface area contributed by atoms with Gasteiger partial charge in [0.25, 0.3) is 11.8 Å². The summed E-state index contributed by atoms with van der Waals surface area (Å²) in [5, 5.41) is 1.66. The highest BCUT2D eigenvalue weighted by Gasteiger charge is 2.34. The molecule has 2 heterocycles. The van der Waals surface area contributed by atoms with Gasteiger partial charge >= 0.3 is 0 Å². The maximum Gasteiger partial charge on any atom is 0.290 e. The van der Waals surface area contributed by atoms with E-state index in [0.717, 1.165) is 5.56 Å². The molecule has 1 atom stereocenters. The molecule has 1 aliphatic rings. The molecule has 112 valence electrons. The van der Waals surface area contributed by atoms with Crippen LogP contribution < -0.4 is 5.43 Å². The zero-order chi connectivity index (χ0) is 15.5. The van der Waals surface area contributed by atoms with E-state index in [1.54, 1.807) is 12.1 Å². The smallest absolute Gasteiger partial charge is 0.272 e. The lowest BCUT2D eigenvalue weighted by atomic mass is 10.2. The van der Waals surface area contributed by atoms with Gasteiger partial charge in [0, 0.05) is 17.4 Å². The van der Waals surface area contributed by atoms with Crippen LogP contribution in [-0.2, 0) is 4.79 Å². The Morgan fingerprint density at radius 3 is 2.77 bits per heavy atom. The number of nitrogens with one attached hydrogen (secondary N) is 1. The van der Waals surface area contributed by atoms with Crippen LogP contribution in [-0.4, -0.2) is 32.5 Å². The zero-order valence-corrected chi connectivity index (χ0v) is 12.8. The molecule has 2 amide bonds. The molecule has 2 aromatic rings. The van der Waals surface area contributed by atoms with Gasteiger partial charge in [-0.05, 0) is 17.7 Å². The normalized spacial score (nSPS) is 17.6. The molecule has 3 rings (SSSR count). The number of rotatable bonds is 3. The van der Waals surface area contributed by atoms with Gasteiger partial charge in [-0.1, -0.05) is 23.7 Å². The first-order valence-electron chi connectivity index (χ1n) is 6.41. The Labute approximate surface area is 135 Å². The molecule has 0 aliphatic carbocycles. The Hall–Kier alpha value is -2.12. The van der Waals surface area contributed by atoms with E-state index < -0.39 is 5.91 Å². The van der Waals surface area contributed by atoms with Crippen LogP contribution in [0, 0.1) is 0 Å². The molecule has 1 aromatic carbocycles. The van der Waals surface area contributed by atoms with Gasteiger partial charge in [0.05, 0.1) is 11.9 Å². The van der Waals surface area contributed by atoms with Crippen LogP contribution in [0.2, 0.25) is 5.02 Å². The van der Waals surface area contributed by atoms with Crippen LogP contribution >= 0.6 is 23.4 Å². The van der Waals surface area contributed by atoms with E-state index in [-0.39, 0.29) is 17.0 Å². The fourth-order valence-electron chi connectivity index (χ4n) is 2.00. The quantitative estimate of drug-likeness (QED) is 0.929. The third-order valence-electron chi connectivity index (χ3n) is 3.04. The Morgan fingerprint density at radius 2 is 2.09 bits per heavy atom. The van der Waals surface area contributed by atoms with E-state index in [1.807, 2.05) is 12.1 Å². The topological polar surface area (TPSA) is 75.2 Å². The molecule has 1 aliphatic heterocycles. The fraction of sp³-hybridized carbons (Fsp3) is 0.143. The standard InChI is InChI=1S/C14H11ClN4O2S/c15-10-3-1-9(2-4-10)14-19(12(20)8-22-14)18-13(21)11-7-16-5-6-17-11/h1-7,14H,8H2,(H,18,21). The van der Waals surface area contributed by atoms with Crippen molar-refractivity contribution in [2.45, 2.75) is 5.37 Å². The number of hydrogen-bond acceptors (Lipinski definition) is 5. The molecule has 8 heteroatoms. The van der Waals surface area contributed by atoms with Crippen LogP contribution in [0.5, 0.6) is 0 Å². The molecule has 1 saturated heterocycles. The van der Waals surface area contributed by atoms with Gasteiger partial charge in [-0.3, -0.25) is 20.0 Å². The van der Waals surface area contributed by atoms with Crippen molar-refractivity contribution in [2.75, 3.05) is 5.75 Å². The molecule has 0 radical (unpaired) electrons. The van der Waals surface area contributed by atoms with Gasteiger partial charge in [-0.2, -0.15) is 0 Å². The van der Waals surface area contributed by atoms with Crippen molar-refractivity contribution in [3.63, 3.8) is 0 Å². The van der Waals surface area contributed by atoms with E-state index in [1.165, 1.54) is 35.4 Å². The molecular weight excluding hydrogens is 324 g/mol. The van der Waals surface area contributed by atoms with Gasteiger partial charge < -0.3 is 0 Å². The molecule has 0 bridgehead atoms. The highest BCUT2D eigenvalue weighted by Crippen LogP contribution is 2.37. The second-order valence-corrected chi connectivity index (χ2v) is 6.02. The number of halogens is 1. The van der Waals surface area contributed by atoms with E-state index in [2.05, 4.69) is 15.4 Å². The van der Waals surface area contributed by atoms with Gasteiger partial charge in [-0.15, -0.1) is 11.8 Å². The molecule has 6 nitrogen and oxygen atoms in total. The minimum absolute atomic E-state index is 0.155.